The fourth-order valence-corrected chi connectivity index (χ4v) is 8.44. The van der Waals surface area contributed by atoms with E-state index >= 15 is 0 Å². The molecule has 0 saturated carbocycles. The van der Waals surface area contributed by atoms with Crippen LogP contribution in [-0.2, 0) is 0 Å². The minimum atomic E-state index is 0.595. The van der Waals surface area contributed by atoms with E-state index in [4.69, 9.17) is 23.8 Å². The Bertz CT molecular complexity index is 3410. The first-order chi connectivity index (χ1) is 28.2. The van der Waals surface area contributed by atoms with Crippen molar-refractivity contribution in [2.24, 2.45) is 0 Å². The van der Waals surface area contributed by atoms with Gasteiger partial charge in [0, 0.05) is 49.0 Å². The van der Waals surface area contributed by atoms with Gasteiger partial charge in [-0.05, 0) is 59.7 Å². The van der Waals surface area contributed by atoms with Crippen molar-refractivity contribution in [1.29, 1.82) is 0 Å². The van der Waals surface area contributed by atoms with E-state index in [0.717, 1.165) is 88.4 Å². The number of nitrogens with zero attached hydrogens (tertiary/aromatic N) is 4. The Labute approximate surface area is 325 Å². The van der Waals surface area contributed by atoms with E-state index in [9.17, 15) is 0 Å². The fourth-order valence-electron chi connectivity index (χ4n) is 8.44. The normalized spacial score (nSPS) is 11.9. The highest BCUT2D eigenvalue weighted by atomic mass is 16.3. The van der Waals surface area contributed by atoms with E-state index in [0.29, 0.717) is 17.5 Å². The molecule has 0 bridgehead atoms. The Balaban J connectivity index is 0.986. The average molecular weight is 731 g/mol. The summed E-state index contributed by atoms with van der Waals surface area (Å²) in [5.41, 5.74) is 11.5. The van der Waals surface area contributed by atoms with Crippen molar-refractivity contribution in [3.63, 3.8) is 0 Å². The zero-order valence-electron chi connectivity index (χ0n) is 30.4. The third kappa shape index (κ3) is 4.94. The lowest BCUT2D eigenvalue weighted by molar-refractivity contribution is 0.666. The van der Waals surface area contributed by atoms with Crippen LogP contribution in [0.1, 0.15) is 0 Å². The van der Waals surface area contributed by atoms with E-state index in [2.05, 4.69) is 114 Å². The molecule has 12 rings (SSSR count). The van der Waals surface area contributed by atoms with Crippen LogP contribution in [0.5, 0.6) is 0 Å². The molecule has 266 valence electrons. The minimum absolute atomic E-state index is 0.595. The van der Waals surface area contributed by atoms with Gasteiger partial charge in [-0.25, -0.2) is 15.0 Å². The second kappa shape index (κ2) is 12.3. The molecule has 8 aromatic carbocycles. The van der Waals surface area contributed by atoms with E-state index < -0.39 is 0 Å². The van der Waals surface area contributed by atoms with Crippen LogP contribution in [-0.4, -0.2) is 19.5 Å². The number of benzene rings is 8. The smallest absolute Gasteiger partial charge is 0.164 e. The van der Waals surface area contributed by atoms with Crippen molar-refractivity contribution in [2.45, 2.75) is 0 Å². The monoisotopic (exact) mass is 730 g/mol. The maximum atomic E-state index is 6.68. The molecule has 57 heavy (non-hydrogen) atoms. The van der Waals surface area contributed by atoms with E-state index in [-0.39, 0.29) is 0 Å². The number of para-hydroxylation sites is 3. The molecule has 6 heteroatoms. The molecule has 12 aromatic rings. The van der Waals surface area contributed by atoms with E-state index in [1.807, 2.05) is 72.8 Å². The average Bonchev–Trinajstić information content (AvgIpc) is 3.96. The quantitative estimate of drug-likeness (QED) is 0.176. The molecule has 4 aromatic heterocycles. The lowest BCUT2D eigenvalue weighted by atomic mass is 10.00. The summed E-state index contributed by atoms with van der Waals surface area (Å²) in [5, 5.41) is 6.55. The van der Waals surface area contributed by atoms with Crippen LogP contribution in [0.4, 0.5) is 0 Å². The topological polar surface area (TPSA) is 69.9 Å². The number of hydrogen-bond acceptors (Lipinski definition) is 5. The lowest BCUT2D eigenvalue weighted by Gasteiger charge is -2.09. The van der Waals surface area contributed by atoms with Crippen molar-refractivity contribution in [3.05, 3.63) is 182 Å². The van der Waals surface area contributed by atoms with Crippen molar-refractivity contribution >= 4 is 65.7 Å². The number of fused-ring (bicyclic) bond motifs is 9. The molecule has 0 unspecified atom stereocenters. The predicted octanol–water partition coefficient (Wildman–Crippen LogP) is 13.4. The van der Waals surface area contributed by atoms with E-state index in [1.54, 1.807) is 0 Å². The molecule has 4 heterocycles. The van der Waals surface area contributed by atoms with Crippen LogP contribution in [0.25, 0.3) is 117 Å². The Morgan fingerprint density at radius 2 is 0.947 bits per heavy atom. The van der Waals surface area contributed by atoms with Crippen LogP contribution in [0, 0.1) is 0 Å². The molecule has 0 fully saturated rings. The molecular weight excluding hydrogens is 701 g/mol. The SMILES string of the molecule is c1ccc(-c2nc(-c3ccccc3)nc(-c3cccc4oc5cc(-c6ccc7oc8c(-n9c%10ccccc%10c%10ccccc%109)cccc8c7c6)ccc5c34)n2)cc1. The standard InChI is InChI=1S/C51H30N4O2/c1-3-13-31(14-4-1)49-52-50(32-15-5-2-6-16-32)54-51(53-49)39-20-12-24-45-47(39)38-27-25-34(30-46(38)56-45)33-26-28-44-40(29-33)37-19-11-23-43(48(37)57-44)55-41-21-9-7-17-35(41)36-18-8-10-22-42(36)55/h1-30H. The number of rotatable bonds is 5. The Hall–Kier alpha value is -7.83. The van der Waals surface area contributed by atoms with Gasteiger partial charge in [0.25, 0.3) is 0 Å². The Kier molecular flexibility index (Phi) is 6.83. The number of aromatic nitrogens is 4. The van der Waals surface area contributed by atoms with Gasteiger partial charge in [0.1, 0.15) is 16.7 Å². The van der Waals surface area contributed by atoms with Crippen LogP contribution in [0.15, 0.2) is 191 Å². The molecule has 0 amide bonds. The van der Waals surface area contributed by atoms with Crippen molar-refractivity contribution < 1.29 is 8.83 Å². The van der Waals surface area contributed by atoms with Gasteiger partial charge in [-0.2, -0.15) is 0 Å². The second-order valence-electron chi connectivity index (χ2n) is 14.4. The number of hydrogen-bond donors (Lipinski definition) is 0. The zero-order chi connectivity index (χ0) is 37.5. The Morgan fingerprint density at radius 3 is 1.67 bits per heavy atom. The summed E-state index contributed by atoms with van der Waals surface area (Å²) in [6.07, 6.45) is 0. The van der Waals surface area contributed by atoms with Gasteiger partial charge in [-0.1, -0.05) is 133 Å². The van der Waals surface area contributed by atoms with Crippen molar-refractivity contribution in [1.82, 2.24) is 19.5 Å². The lowest BCUT2D eigenvalue weighted by Crippen LogP contribution is -2.00. The molecule has 0 N–H and O–H groups in total. The summed E-state index contributed by atoms with van der Waals surface area (Å²) in [5.74, 6) is 1.84. The highest BCUT2D eigenvalue weighted by molar-refractivity contribution is 6.14. The summed E-state index contributed by atoms with van der Waals surface area (Å²) >= 11 is 0. The maximum absolute atomic E-state index is 6.68. The summed E-state index contributed by atoms with van der Waals surface area (Å²) in [6.45, 7) is 0. The fraction of sp³-hybridized carbons (Fsp3) is 0. The van der Waals surface area contributed by atoms with Gasteiger partial charge in [-0.3, -0.25) is 0 Å². The predicted molar refractivity (Wildman–Crippen MR) is 230 cm³/mol. The third-order valence-electron chi connectivity index (χ3n) is 11.1. The van der Waals surface area contributed by atoms with Gasteiger partial charge < -0.3 is 13.4 Å². The molecule has 0 radical (unpaired) electrons. The van der Waals surface area contributed by atoms with Gasteiger partial charge >= 0.3 is 0 Å². The van der Waals surface area contributed by atoms with Crippen molar-refractivity contribution in [2.75, 3.05) is 0 Å². The summed E-state index contributed by atoms with van der Waals surface area (Å²) in [4.78, 5) is 15.0. The molecule has 0 aliphatic rings. The minimum Gasteiger partial charge on any atom is -0.456 e. The van der Waals surface area contributed by atoms with Gasteiger partial charge in [-0.15, -0.1) is 0 Å². The van der Waals surface area contributed by atoms with Crippen LogP contribution >= 0.6 is 0 Å². The second-order valence-corrected chi connectivity index (χ2v) is 14.4. The van der Waals surface area contributed by atoms with Crippen molar-refractivity contribution in [3.8, 4) is 51.0 Å². The van der Waals surface area contributed by atoms with Crippen LogP contribution in [0.3, 0.4) is 0 Å². The summed E-state index contributed by atoms with van der Waals surface area (Å²) in [7, 11) is 0. The van der Waals surface area contributed by atoms with Gasteiger partial charge in [0.2, 0.25) is 0 Å². The number of furan rings is 2. The molecule has 0 spiro atoms. The molecule has 0 saturated heterocycles. The van der Waals surface area contributed by atoms with Crippen LogP contribution in [0.2, 0.25) is 0 Å². The molecular formula is C51H30N4O2. The third-order valence-corrected chi connectivity index (χ3v) is 11.1. The summed E-state index contributed by atoms with van der Waals surface area (Å²) < 4.78 is 15.6. The highest BCUT2D eigenvalue weighted by Gasteiger charge is 2.20. The molecule has 0 aliphatic carbocycles. The van der Waals surface area contributed by atoms with Gasteiger partial charge in [0.15, 0.2) is 23.1 Å². The highest BCUT2D eigenvalue weighted by Crippen LogP contribution is 2.41. The maximum Gasteiger partial charge on any atom is 0.164 e. The first-order valence-electron chi connectivity index (χ1n) is 19.0. The van der Waals surface area contributed by atoms with Crippen LogP contribution < -0.4 is 0 Å². The zero-order valence-corrected chi connectivity index (χ0v) is 30.4. The molecule has 6 nitrogen and oxygen atoms in total. The molecule has 0 aliphatic heterocycles. The molecule has 0 atom stereocenters. The Morgan fingerprint density at radius 1 is 0.351 bits per heavy atom. The van der Waals surface area contributed by atoms with E-state index in [1.165, 1.54) is 10.8 Å². The summed E-state index contributed by atoms with van der Waals surface area (Å²) in [6, 6.07) is 62.6. The largest absolute Gasteiger partial charge is 0.456 e. The first-order valence-corrected chi connectivity index (χ1v) is 19.0. The van der Waals surface area contributed by atoms with Gasteiger partial charge in [0.05, 0.1) is 16.7 Å². The first kappa shape index (κ1) is 31.5.